The van der Waals surface area contributed by atoms with Gasteiger partial charge in [0.2, 0.25) is 15.9 Å². The van der Waals surface area contributed by atoms with E-state index in [-0.39, 0.29) is 23.9 Å². The van der Waals surface area contributed by atoms with Crippen molar-refractivity contribution in [3.63, 3.8) is 0 Å². The van der Waals surface area contributed by atoms with Crippen molar-refractivity contribution in [2.24, 2.45) is 0 Å². The number of hydrogen-bond acceptors (Lipinski definition) is 4. The van der Waals surface area contributed by atoms with Crippen molar-refractivity contribution in [2.45, 2.75) is 31.6 Å². The van der Waals surface area contributed by atoms with Crippen LogP contribution in [0, 0.1) is 13.8 Å². The molecule has 0 unspecified atom stereocenters. The smallest absolute Gasteiger partial charge is 0.244 e. The van der Waals surface area contributed by atoms with E-state index in [4.69, 9.17) is 16.3 Å². The van der Waals surface area contributed by atoms with Crippen molar-refractivity contribution < 1.29 is 17.9 Å². The van der Waals surface area contributed by atoms with Crippen molar-refractivity contribution in [3.05, 3.63) is 58.1 Å². The molecule has 28 heavy (non-hydrogen) atoms. The molecule has 0 saturated carbocycles. The third-order valence-electron chi connectivity index (χ3n) is 4.36. The van der Waals surface area contributed by atoms with E-state index < -0.39 is 10.0 Å². The molecule has 8 heteroatoms. The Bertz CT molecular complexity index is 928. The monoisotopic (exact) mass is 424 g/mol. The van der Waals surface area contributed by atoms with E-state index in [1.54, 1.807) is 24.3 Å². The Kier molecular flexibility index (Phi) is 7.86. The second-order valence-corrected chi connectivity index (χ2v) is 8.63. The van der Waals surface area contributed by atoms with Gasteiger partial charge in [-0.15, -0.1) is 0 Å². The summed E-state index contributed by atoms with van der Waals surface area (Å²) in [5.74, 6) is 0.153. The predicted octanol–water partition coefficient (Wildman–Crippen LogP) is 2.99. The van der Waals surface area contributed by atoms with Crippen molar-refractivity contribution in [2.75, 3.05) is 20.2 Å². The highest BCUT2D eigenvalue weighted by Gasteiger charge is 2.20. The molecule has 2 N–H and O–H groups in total. The molecule has 0 fully saturated rings. The van der Waals surface area contributed by atoms with Gasteiger partial charge < -0.3 is 10.1 Å². The lowest BCUT2D eigenvalue weighted by Gasteiger charge is -2.13. The molecule has 0 saturated heterocycles. The van der Waals surface area contributed by atoms with Crippen molar-refractivity contribution in [1.29, 1.82) is 0 Å². The van der Waals surface area contributed by atoms with E-state index in [1.165, 1.54) is 7.11 Å². The van der Waals surface area contributed by atoms with Crippen LogP contribution in [0.15, 0.2) is 41.3 Å². The van der Waals surface area contributed by atoms with Crippen molar-refractivity contribution in [1.82, 2.24) is 10.0 Å². The summed E-state index contributed by atoms with van der Waals surface area (Å²) in [6.45, 7) is 4.02. The number of hydrogen-bond donors (Lipinski definition) is 2. The highest BCUT2D eigenvalue weighted by molar-refractivity contribution is 7.89. The first-order valence-corrected chi connectivity index (χ1v) is 10.7. The van der Waals surface area contributed by atoms with Crippen molar-refractivity contribution in [3.8, 4) is 5.75 Å². The van der Waals surface area contributed by atoms with Gasteiger partial charge in [0.15, 0.2) is 0 Å². The number of aryl methyl sites for hydroxylation is 3. The zero-order valence-corrected chi connectivity index (χ0v) is 17.8. The van der Waals surface area contributed by atoms with Gasteiger partial charge in [-0.05, 0) is 61.2 Å². The lowest BCUT2D eigenvalue weighted by atomic mass is 10.1. The number of nitrogens with one attached hydrogen (secondary N) is 2. The van der Waals surface area contributed by atoms with Crippen LogP contribution in [-0.2, 0) is 21.2 Å². The second-order valence-electron chi connectivity index (χ2n) is 6.46. The summed E-state index contributed by atoms with van der Waals surface area (Å²) in [4.78, 5) is 12.0. The van der Waals surface area contributed by atoms with Crippen LogP contribution in [-0.4, -0.2) is 34.5 Å². The maximum Gasteiger partial charge on any atom is 0.244 e. The summed E-state index contributed by atoms with van der Waals surface area (Å²) in [7, 11) is -2.30. The van der Waals surface area contributed by atoms with Crippen molar-refractivity contribution >= 4 is 27.5 Å². The normalized spacial score (nSPS) is 11.3. The quantitative estimate of drug-likeness (QED) is 0.606. The van der Waals surface area contributed by atoms with Gasteiger partial charge in [0, 0.05) is 24.5 Å². The molecule has 2 aromatic rings. The fourth-order valence-corrected chi connectivity index (χ4v) is 3.99. The molecule has 0 aliphatic heterocycles. The maximum atomic E-state index is 12.5. The first-order valence-electron chi connectivity index (χ1n) is 8.89. The number of amides is 1. The summed E-state index contributed by atoms with van der Waals surface area (Å²) >= 11 is 5.83. The Morgan fingerprint density at radius 1 is 1.07 bits per heavy atom. The molecular weight excluding hydrogens is 400 g/mol. The van der Waals surface area contributed by atoms with E-state index in [1.807, 2.05) is 26.0 Å². The molecule has 0 spiro atoms. The van der Waals surface area contributed by atoms with E-state index in [0.717, 1.165) is 16.7 Å². The third-order valence-corrected chi connectivity index (χ3v) is 6.10. The van der Waals surface area contributed by atoms with Crippen LogP contribution < -0.4 is 14.8 Å². The van der Waals surface area contributed by atoms with Gasteiger partial charge in [-0.1, -0.05) is 23.7 Å². The summed E-state index contributed by atoms with van der Waals surface area (Å²) in [6, 6.07) is 10.6. The molecule has 2 rings (SSSR count). The molecule has 0 aliphatic carbocycles. The molecule has 1 amide bonds. The van der Waals surface area contributed by atoms with Crippen LogP contribution in [0.4, 0.5) is 0 Å². The van der Waals surface area contributed by atoms with Gasteiger partial charge in [0.05, 0.1) is 7.11 Å². The predicted molar refractivity (Wildman–Crippen MR) is 110 cm³/mol. The van der Waals surface area contributed by atoms with Crippen LogP contribution in [0.5, 0.6) is 5.75 Å². The molecule has 0 aliphatic rings. The SMILES string of the molecule is COc1cc(C)c(C)cc1S(=O)(=O)NCCNC(=O)CCc1ccc(Cl)cc1. The zero-order valence-electron chi connectivity index (χ0n) is 16.2. The first-order chi connectivity index (χ1) is 13.2. The number of halogens is 1. The minimum absolute atomic E-state index is 0.0884. The van der Waals surface area contributed by atoms with Crippen LogP contribution in [0.1, 0.15) is 23.1 Å². The first kappa shape index (κ1) is 22.2. The molecular formula is C20H25ClN2O4S. The van der Waals surface area contributed by atoms with E-state index >= 15 is 0 Å². The van der Waals surface area contributed by atoms with E-state index in [2.05, 4.69) is 10.0 Å². The third kappa shape index (κ3) is 6.22. The zero-order chi connectivity index (χ0) is 20.7. The Labute approximate surface area is 171 Å². The van der Waals surface area contributed by atoms with Crippen LogP contribution in [0.3, 0.4) is 0 Å². The van der Waals surface area contributed by atoms with Gasteiger partial charge in [0.1, 0.15) is 10.6 Å². The molecule has 2 aromatic carbocycles. The van der Waals surface area contributed by atoms with Gasteiger partial charge in [-0.3, -0.25) is 4.79 Å². The fraction of sp³-hybridized carbons (Fsp3) is 0.350. The van der Waals surface area contributed by atoms with Gasteiger partial charge >= 0.3 is 0 Å². The Morgan fingerprint density at radius 3 is 2.36 bits per heavy atom. The molecule has 0 radical (unpaired) electrons. The minimum atomic E-state index is -3.74. The van der Waals surface area contributed by atoms with E-state index in [0.29, 0.717) is 23.6 Å². The lowest BCUT2D eigenvalue weighted by molar-refractivity contribution is -0.121. The number of ether oxygens (including phenoxy) is 1. The number of sulfonamides is 1. The average molecular weight is 425 g/mol. The second kappa shape index (κ2) is 9.91. The number of rotatable bonds is 9. The molecule has 0 atom stereocenters. The largest absolute Gasteiger partial charge is 0.495 e. The van der Waals surface area contributed by atoms with Gasteiger partial charge in [0.25, 0.3) is 0 Å². The number of benzene rings is 2. The number of methoxy groups -OCH3 is 1. The van der Waals surface area contributed by atoms with Gasteiger partial charge in [-0.25, -0.2) is 13.1 Å². The van der Waals surface area contributed by atoms with E-state index in [9.17, 15) is 13.2 Å². The number of carbonyl (C=O) groups excluding carboxylic acids is 1. The van der Waals surface area contributed by atoms with Crippen LogP contribution >= 0.6 is 11.6 Å². The highest BCUT2D eigenvalue weighted by atomic mass is 35.5. The summed E-state index contributed by atoms with van der Waals surface area (Å²) in [5, 5.41) is 3.37. The molecule has 0 aromatic heterocycles. The topological polar surface area (TPSA) is 84.5 Å². The fourth-order valence-electron chi connectivity index (χ4n) is 2.60. The van der Waals surface area contributed by atoms with Gasteiger partial charge in [-0.2, -0.15) is 0 Å². The number of carbonyl (C=O) groups is 1. The molecule has 0 heterocycles. The minimum Gasteiger partial charge on any atom is -0.495 e. The summed E-state index contributed by atoms with van der Waals surface area (Å²) in [5.41, 5.74) is 2.82. The maximum absolute atomic E-state index is 12.5. The summed E-state index contributed by atoms with van der Waals surface area (Å²) in [6.07, 6.45) is 0.911. The molecule has 152 valence electrons. The highest BCUT2D eigenvalue weighted by Crippen LogP contribution is 2.27. The Hall–Kier alpha value is -2.09. The molecule has 0 bridgehead atoms. The summed E-state index contributed by atoms with van der Waals surface area (Å²) < 4.78 is 32.8. The standard InChI is InChI=1S/C20H25ClN2O4S/c1-14-12-18(27-3)19(13-15(14)2)28(25,26)23-11-10-22-20(24)9-6-16-4-7-17(21)8-5-16/h4-5,7-8,12-13,23H,6,9-11H2,1-3H3,(H,22,24). The Balaban J connectivity index is 1.83. The van der Waals surface area contributed by atoms with Crippen LogP contribution in [0.25, 0.3) is 0 Å². The lowest BCUT2D eigenvalue weighted by Crippen LogP contribution is -2.35. The Morgan fingerprint density at radius 2 is 1.71 bits per heavy atom. The molecule has 6 nitrogen and oxygen atoms in total. The average Bonchev–Trinajstić information content (AvgIpc) is 2.66. The van der Waals surface area contributed by atoms with Crippen LogP contribution in [0.2, 0.25) is 5.02 Å².